The Morgan fingerprint density at radius 1 is 1.17 bits per heavy atom. The lowest BCUT2D eigenvalue weighted by molar-refractivity contribution is -0.0348. The van der Waals surface area contributed by atoms with E-state index in [2.05, 4.69) is 42.3 Å². The van der Waals surface area contributed by atoms with Gasteiger partial charge >= 0.3 is 6.09 Å². The summed E-state index contributed by atoms with van der Waals surface area (Å²) in [6.45, 7) is 7.57. The van der Waals surface area contributed by atoms with Crippen molar-refractivity contribution in [3.05, 3.63) is 58.6 Å². The van der Waals surface area contributed by atoms with Crippen LogP contribution in [0.4, 0.5) is 4.79 Å². The molecule has 1 amide bonds. The van der Waals surface area contributed by atoms with Crippen molar-refractivity contribution in [1.29, 1.82) is 0 Å². The van der Waals surface area contributed by atoms with E-state index in [0.29, 0.717) is 5.92 Å². The Hall–Kier alpha value is -2.04. The predicted molar refractivity (Wildman–Crippen MR) is 120 cm³/mol. The number of hydrogen-bond donors (Lipinski definition) is 1. The van der Waals surface area contributed by atoms with E-state index in [-0.39, 0.29) is 23.7 Å². The highest BCUT2D eigenvalue weighted by atomic mass is 35.5. The summed E-state index contributed by atoms with van der Waals surface area (Å²) in [5.41, 5.74) is 4.47. The number of carbonyl (C=O) groups excluding carboxylic acids is 1. The summed E-state index contributed by atoms with van der Waals surface area (Å²) in [5, 5.41) is 3.95. The van der Waals surface area contributed by atoms with Gasteiger partial charge in [0.1, 0.15) is 6.10 Å². The van der Waals surface area contributed by atoms with Gasteiger partial charge < -0.3 is 10.1 Å². The molecule has 3 fully saturated rings. The van der Waals surface area contributed by atoms with Gasteiger partial charge in [-0.15, -0.1) is 0 Å². The molecule has 5 heteroatoms. The van der Waals surface area contributed by atoms with Crippen molar-refractivity contribution in [3.63, 3.8) is 0 Å². The SMILES string of the molecule is CC1(C)Cc2ccc(-c3ccccc3Cl)cc2C1NC(=O)O[C@H]1CN2CCC1CC2. The molecule has 2 aromatic carbocycles. The van der Waals surface area contributed by atoms with E-state index in [1.807, 2.05) is 24.3 Å². The molecule has 6 rings (SSSR count). The zero-order valence-electron chi connectivity index (χ0n) is 17.7. The highest BCUT2D eigenvalue weighted by Crippen LogP contribution is 2.46. The van der Waals surface area contributed by atoms with Crippen LogP contribution in [0.5, 0.6) is 0 Å². The van der Waals surface area contributed by atoms with Crippen LogP contribution in [0.25, 0.3) is 11.1 Å². The Morgan fingerprint density at radius 2 is 1.93 bits per heavy atom. The molecule has 158 valence electrons. The third-order valence-electron chi connectivity index (χ3n) is 7.19. The van der Waals surface area contributed by atoms with Crippen molar-refractivity contribution < 1.29 is 9.53 Å². The molecule has 0 spiro atoms. The Kier molecular flexibility index (Phi) is 5.03. The van der Waals surface area contributed by atoms with Crippen LogP contribution in [-0.2, 0) is 11.2 Å². The van der Waals surface area contributed by atoms with E-state index in [1.54, 1.807) is 0 Å². The van der Waals surface area contributed by atoms with Gasteiger partial charge in [-0.1, -0.05) is 55.8 Å². The molecule has 1 aliphatic carbocycles. The summed E-state index contributed by atoms with van der Waals surface area (Å²) in [7, 11) is 0. The number of ether oxygens (including phenoxy) is 1. The molecule has 4 nitrogen and oxygen atoms in total. The zero-order valence-corrected chi connectivity index (χ0v) is 18.4. The maximum Gasteiger partial charge on any atom is 0.407 e. The van der Waals surface area contributed by atoms with E-state index < -0.39 is 0 Å². The normalized spacial score (nSPS) is 28.8. The fraction of sp³-hybridized carbons (Fsp3) is 0.480. The second-order valence-corrected chi connectivity index (χ2v) is 10.1. The van der Waals surface area contributed by atoms with Gasteiger partial charge in [-0.25, -0.2) is 4.79 Å². The summed E-state index contributed by atoms with van der Waals surface area (Å²) in [5.74, 6) is 0.511. The second kappa shape index (κ2) is 7.58. The average molecular weight is 425 g/mol. The van der Waals surface area contributed by atoms with Crippen LogP contribution in [0.3, 0.4) is 0 Å². The number of hydrogen-bond acceptors (Lipinski definition) is 3. The first kappa shape index (κ1) is 19.9. The number of alkyl carbamates (subject to hydrolysis) is 1. The number of nitrogens with one attached hydrogen (secondary N) is 1. The van der Waals surface area contributed by atoms with Crippen molar-refractivity contribution in [2.45, 2.75) is 45.3 Å². The quantitative estimate of drug-likeness (QED) is 0.712. The summed E-state index contributed by atoms with van der Waals surface area (Å²) in [4.78, 5) is 15.3. The Morgan fingerprint density at radius 3 is 2.63 bits per heavy atom. The number of fused-ring (bicyclic) bond motifs is 4. The van der Waals surface area contributed by atoms with E-state index in [0.717, 1.165) is 55.0 Å². The third kappa shape index (κ3) is 3.61. The van der Waals surface area contributed by atoms with Crippen LogP contribution >= 0.6 is 11.6 Å². The van der Waals surface area contributed by atoms with Crippen LogP contribution in [0.15, 0.2) is 42.5 Å². The molecular formula is C25H29ClN2O2. The van der Waals surface area contributed by atoms with E-state index in [1.165, 1.54) is 11.1 Å². The molecule has 1 unspecified atom stereocenters. The third-order valence-corrected chi connectivity index (χ3v) is 7.52. The Balaban J connectivity index is 1.37. The standard InChI is InChI=1S/C25H29ClN2O2/c1-25(2)14-18-8-7-17(19-5-3-4-6-21(19)26)13-20(18)23(25)27-24(29)30-22-15-28-11-9-16(22)10-12-28/h3-8,13,16,22-23H,9-12,14-15H2,1-2H3,(H,27,29)/t22-,23?/m0/s1. The molecule has 0 aromatic heterocycles. The molecule has 0 saturated carbocycles. The molecule has 4 aliphatic rings. The number of carbonyl (C=O) groups is 1. The number of halogens is 1. The van der Waals surface area contributed by atoms with Crippen molar-refractivity contribution in [2.24, 2.45) is 11.3 Å². The van der Waals surface area contributed by atoms with Gasteiger partial charge in [0.25, 0.3) is 0 Å². The molecule has 3 heterocycles. The van der Waals surface area contributed by atoms with E-state index >= 15 is 0 Å². The first-order valence-corrected chi connectivity index (χ1v) is 11.4. The van der Waals surface area contributed by atoms with Crippen LogP contribution in [0.2, 0.25) is 5.02 Å². The van der Waals surface area contributed by atoms with Gasteiger partial charge in [0, 0.05) is 17.1 Å². The number of nitrogens with zero attached hydrogens (tertiary/aromatic N) is 1. The first-order valence-electron chi connectivity index (χ1n) is 11.0. The molecule has 2 aromatic rings. The van der Waals surface area contributed by atoms with Gasteiger partial charge in [-0.05, 0) is 72.5 Å². The minimum atomic E-state index is -0.289. The van der Waals surface area contributed by atoms with Crippen LogP contribution in [-0.4, -0.2) is 36.7 Å². The van der Waals surface area contributed by atoms with Gasteiger partial charge in [-0.2, -0.15) is 0 Å². The molecule has 2 atom stereocenters. The molecule has 3 aliphatic heterocycles. The van der Waals surface area contributed by atoms with Gasteiger partial charge in [0.05, 0.1) is 6.04 Å². The summed E-state index contributed by atoms with van der Waals surface area (Å²) in [6, 6.07) is 14.3. The van der Waals surface area contributed by atoms with E-state index in [9.17, 15) is 4.79 Å². The van der Waals surface area contributed by atoms with Crippen LogP contribution < -0.4 is 5.32 Å². The van der Waals surface area contributed by atoms with Gasteiger partial charge in [-0.3, -0.25) is 4.90 Å². The highest BCUT2D eigenvalue weighted by Gasteiger charge is 2.42. The molecular weight excluding hydrogens is 396 g/mol. The fourth-order valence-corrected chi connectivity index (χ4v) is 5.75. The smallest absolute Gasteiger partial charge is 0.407 e. The number of benzene rings is 2. The summed E-state index contributed by atoms with van der Waals surface area (Å²) < 4.78 is 5.92. The Labute approximate surface area is 183 Å². The molecule has 1 N–H and O–H groups in total. The molecule has 3 saturated heterocycles. The largest absolute Gasteiger partial charge is 0.445 e. The Bertz CT molecular complexity index is 965. The topological polar surface area (TPSA) is 41.6 Å². The fourth-order valence-electron chi connectivity index (χ4n) is 5.51. The number of piperidine rings is 3. The summed E-state index contributed by atoms with van der Waals surface area (Å²) in [6.07, 6.45) is 2.93. The lowest BCUT2D eigenvalue weighted by Gasteiger charge is -2.44. The van der Waals surface area contributed by atoms with Crippen molar-refractivity contribution in [1.82, 2.24) is 10.2 Å². The van der Waals surface area contributed by atoms with Gasteiger partial charge in [0.2, 0.25) is 0 Å². The van der Waals surface area contributed by atoms with Crippen LogP contribution in [0.1, 0.15) is 43.9 Å². The lowest BCUT2D eigenvalue weighted by atomic mass is 9.85. The molecule has 30 heavy (non-hydrogen) atoms. The monoisotopic (exact) mass is 424 g/mol. The first-order chi connectivity index (χ1) is 14.4. The minimum Gasteiger partial charge on any atom is -0.445 e. The highest BCUT2D eigenvalue weighted by molar-refractivity contribution is 6.33. The molecule has 2 bridgehead atoms. The predicted octanol–water partition coefficient (Wildman–Crippen LogP) is 5.45. The maximum atomic E-state index is 12.9. The lowest BCUT2D eigenvalue weighted by Crippen LogP contribution is -2.53. The van der Waals surface area contributed by atoms with Crippen LogP contribution in [0, 0.1) is 11.3 Å². The second-order valence-electron chi connectivity index (χ2n) is 9.72. The van der Waals surface area contributed by atoms with Crippen molar-refractivity contribution in [3.8, 4) is 11.1 Å². The molecule has 0 radical (unpaired) electrons. The van der Waals surface area contributed by atoms with Crippen molar-refractivity contribution >= 4 is 17.7 Å². The minimum absolute atomic E-state index is 0.0194. The zero-order chi connectivity index (χ0) is 20.9. The van der Waals surface area contributed by atoms with Gasteiger partial charge in [0.15, 0.2) is 0 Å². The average Bonchev–Trinajstić information content (AvgIpc) is 2.98. The number of amides is 1. The number of rotatable bonds is 3. The van der Waals surface area contributed by atoms with E-state index in [4.69, 9.17) is 16.3 Å². The summed E-state index contributed by atoms with van der Waals surface area (Å²) >= 11 is 6.43. The van der Waals surface area contributed by atoms with Crippen molar-refractivity contribution in [2.75, 3.05) is 19.6 Å². The maximum absolute atomic E-state index is 12.9.